The second-order valence-electron chi connectivity index (χ2n) is 4.25. The van der Waals surface area contributed by atoms with Crippen molar-refractivity contribution in [2.24, 2.45) is 0 Å². The number of methoxy groups -OCH3 is 1. The lowest BCUT2D eigenvalue weighted by atomic mass is 10.2. The van der Waals surface area contributed by atoms with E-state index in [4.69, 9.17) is 16.3 Å². The van der Waals surface area contributed by atoms with Gasteiger partial charge in [0.1, 0.15) is 0 Å². The topological polar surface area (TPSA) is 30.5 Å². The van der Waals surface area contributed by atoms with Crippen LogP contribution in [-0.4, -0.2) is 13.7 Å². The van der Waals surface area contributed by atoms with Crippen molar-refractivity contribution in [3.05, 3.63) is 39.5 Å². The molecule has 0 saturated carbocycles. The van der Waals surface area contributed by atoms with Gasteiger partial charge in [-0.25, -0.2) is 0 Å². The van der Waals surface area contributed by atoms with E-state index in [9.17, 15) is 8.78 Å². The molecule has 0 aliphatic carbocycles. The maximum absolute atomic E-state index is 12.4. The maximum atomic E-state index is 12.4. The summed E-state index contributed by atoms with van der Waals surface area (Å²) >= 11 is 7.36. The third kappa shape index (κ3) is 4.22. The summed E-state index contributed by atoms with van der Waals surface area (Å²) in [6.45, 7) is -0.942. The van der Waals surface area contributed by atoms with Crippen molar-refractivity contribution in [2.45, 2.75) is 19.6 Å². The van der Waals surface area contributed by atoms with E-state index in [0.717, 1.165) is 4.88 Å². The van der Waals surface area contributed by atoms with E-state index in [0.29, 0.717) is 10.0 Å². The molecule has 2 aromatic rings. The van der Waals surface area contributed by atoms with E-state index in [1.54, 1.807) is 12.1 Å². The molecule has 2 rings (SSSR count). The minimum atomic E-state index is -2.90. The number of alkyl halides is 2. The van der Waals surface area contributed by atoms with E-state index in [-0.39, 0.29) is 17.5 Å². The minimum Gasteiger partial charge on any atom is -0.493 e. The normalized spacial score (nSPS) is 12.3. The van der Waals surface area contributed by atoms with Crippen LogP contribution in [-0.2, 0) is 0 Å². The van der Waals surface area contributed by atoms with E-state index in [1.807, 2.05) is 19.1 Å². The van der Waals surface area contributed by atoms with Crippen LogP contribution in [0.5, 0.6) is 11.5 Å². The third-order valence-electron chi connectivity index (χ3n) is 2.78. The van der Waals surface area contributed by atoms with Gasteiger partial charge in [0.05, 0.1) is 17.5 Å². The first-order chi connectivity index (χ1) is 9.99. The molecule has 0 bridgehead atoms. The van der Waals surface area contributed by atoms with Gasteiger partial charge >= 0.3 is 6.61 Å². The Morgan fingerprint density at radius 3 is 2.52 bits per heavy atom. The number of hydrogen-bond acceptors (Lipinski definition) is 4. The molecule has 1 atom stereocenters. The molecule has 1 unspecified atom stereocenters. The zero-order valence-corrected chi connectivity index (χ0v) is 13.0. The minimum absolute atomic E-state index is 0.00436. The molecule has 1 aromatic heterocycles. The molecule has 0 amide bonds. The van der Waals surface area contributed by atoms with Crippen LogP contribution < -0.4 is 14.8 Å². The highest BCUT2D eigenvalue weighted by molar-refractivity contribution is 7.16. The van der Waals surface area contributed by atoms with Gasteiger partial charge in [-0.15, -0.1) is 11.3 Å². The van der Waals surface area contributed by atoms with Crippen LogP contribution in [0.25, 0.3) is 0 Å². The van der Waals surface area contributed by atoms with Crippen molar-refractivity contribution in [3.8, 4) is 11.5 Å². The van der Waals surface area contributed by atoms with Crippen molar-refractivity contribution in [3.63, 3.8) is 0 Å². The summed E-state index contributed by atoms with van der Waals surface area (Å²) in [5.41, 5.74) is 0.656. The van der Waals surface area contributed by atoms with Crippen molar-refractivity contribution < 1.29 is 18.3 Å². The van der Waals surface area contributed by atoms with Crippen LogP contribution in [0.3, 0.4) is 0 Å². The van der Waals surface area contributed by atoms with E-state index in [1.165, 1.54) is 24.5 Å². The molecule has 0 radical (unpaired) electrons. The molecule has 21 heavy (non-hydrogen) atoms. The van der Waals surface area contributed by atoms with Crippen molar-refractivity contribution in [2.75, 3.05) is 12.4 Å². The number of hydrogen-bond donors (Lipinski definition) is 1. The fourth-order valence-electron chi connectivity index (χ4n) is 1.84. The van der Waals surface area contributed by atoms with Gasteiger partial charge in [-0.05, 0) is 31.2 Å². The Labute approximate surface area is 130 Å². The third-order valence-corrected chi connectivity index (χ3v) is 4.20. The Bertz CT molecular complexity index is 606. The largest absolute Gasteiger partial charge is 0.493 e. The fourth-order valence-corrected chi connectivity index (χ4v) is 2.90. The van der Waals surface area contributed by atoms with Crippen LogP contribution >= 0.6 is 22.9 Å². The molecule has 0 fully saturated rings. The van der Waals surface area contributed by atoms with Gasteiger partial charge < -0.3 is 14.8 Å². The van der Waals surface area contributed by atoms with Gasteiger partial charge in [0.25, 0.3) is 0 Å². The number of ether oxygens (including phenoxy) is 2. The lowest BCUT2D eigenvalue weighted by Crippen LogP contribution is -2.07. The van der Waals surface area contributed by atoms with Gasteiger partial charge in [0, 0.05) is 16.6 Å². The highest BCUT2D eigenvalue weighted by Gasteiger charge is 2.13. The summed E-state index contributed by atoms with van der Waals surface area (Å²) in [5.74, 6) is 0.251. The zero-order chi connectivity index (χ0) is 15.4. The lowest BCUT2D eigenvalue weighted by molar-refractivity contribution is -0.0511. The van der Waals surface area contributed by atoms with Crippen LogP contribution in [0.15, 0.2) is 30.3 Å². The van der Waals surface area contributed by atoms with Crippen LogP contribution in [0.2, 0.25) is 4.34 Å². The second kappa shape index (κ2) is 6.95. The number of nitrogens with one attached hydrogen (secondary N) is 1. The molecule has 0 saturated heterocycles. The molecule has 1 aromatic carbocycles. The van der Waals surface area contributed by atoms with Crippen molar-refractivity contribution in [1.82, 2.24) is 0 Å². The monoisotopic (exact) mass is 333 g/mol. The number of benzene rings is 1. The summed E-state index contributed by atoms with van der Waals surface area (Å²) in [6, 6.07) is 8.53. The Kier molecular flexibility index (Phi) is 5.25. The first kappa shape index (κ1) is 15.9. The van der Waals surface area contributed by atoms with Crippen molar-refractivity contribution in [1.29, 1.82) is 0 Å². The van der Waals surface area contributed by atoms with E-state index in [2.05, 4.69) is 10.1 Å². The van der Waals surface area contributed by atoms with Gasteiger partial charge in [0.15, 0.2) is 11.5 Å². The SMILES string of the molecule is COc1ccc(NC(C)c2ccc(Cl)s2)cc1OC(F)F. The molecule has 1 N–H and O–H groups in total. The molecule has 1 heterocycles. The van der Waals surface area contributed by atoms with Crippen LogP contribution in [0, 0.1) is 0 Å². The van der Waals surface area contributed by atoms with E-state index >= 15 is 0 Å². The van der Waals surface area contributed by atoms with Gasteiger partial charge in [-0.1, -0.05) is 11.6 Å². The van der Waals surface area contributed by atoms with E-state index < -0.39 is 6.61 Å². The summed E-state index contributed by atoms with van der Waals surface area (Å²) in [6.07, 6.45) is 0. The Morgan fingerprint density at radius 2 is 1.95 bits per heavy atom. The molecular formula is C14H14ClF2NO2S. The highest BCUT2D eigenvalue weighted by Crippen LogP contribution is 2.34. The standard InChI is InChI=1S/C14H14ClF2NO2S/c1-8(12-5-6-13(15)21-12)18-9-3-4-10(19-2)11(7-9)20-14(16)17/h3-8,14,18H,1-2H3. The molecule has 0 spiro atoms. The van der Waals surface area contributed by atoms with Gasteiger partial charge in [-0.2, -0.15) is 8.78 Å². The predicted octanol–water partition coefficient (Wildman–Crippen LogP) is 5.18. The van der Waals surface area contributed by atoms with Gasteiger partial charge in [-0.3, -0.25) is 0 Å². The number of anilines is 1. The number of rotatable bonds is 6. The highest BCUT2D eigenvalue weighted by atomic mass is 35.5. The Hall–Kier alpha value is -1.53. The lowest BCUT2D eigenvalue weighted by Gasteiger charge is -2.16. The fraction of sp³-hybridized carbons (Fsp3) is 0.286. The average Bonchev–Trinajstić information content (AvgIpc) is 2.85. The molecule has 7 heteroatoms. The molecule has 3 nitrogen and oxygen atoms in total. The molecule has 0 aliphatic rings. The first-order valence-electron chi connectivity index (χ1n) is 6.14. The smallest absolute Gasteiger partial charge is 0.387 e. The van der Waals surface area contributed by atoms with Gasteiger partial charge in [0.2, 0.25) is 0 Å². The van der Waals surface area contributed by atoms with Crippen molar-refractivity contribution >= 4 is 28.6 Å². The number of halogens is 3. The number of thiophene rings is 1. The predicted molar refractivity (Wildman–Crippen MR) is 81.0 cm³/mol. The summed E-state index contributed by atoms with van der Waals surface area (Å²) in [5, 5.41) is 3.21. The Morgan fingerprint density at radius 1 is 1.19 bits per heavy atom. The summed E-state index contributed by atoms with van der Waals surface area (Å²) in [7, 11) is 1.40. The molecular weight excluding hydrogens is 320 g/mol. The molecule has 114 valence electrons. The van der Waals surface area contributed by atoms with Crippen LogP contribution in [0.4, 0.5) is 14.5 Å². The summed E-state index contributed by atoms with van der Waals surface area (Å²) in [4.78, 5) is 1.05. The zero-order valence-electron chi connectivity index (χ0n) is 11.4. The Balaban J connectivity index is 2.16. The van der Waals surface area contributed by atoms with Crippen LogP contribution in [0.1, 0.15) is 17.8 Å². The maximum Gasteiger partial charge on any atom is 0.387 e. The summed E-state index contributed by atoms with van der Waals surface area (Å²) < 4.78 is 34.9. The average molecular weight is 334 g/mol. The quantitative estimate of drug-likeness (QED) is 0.789. The first-order valence-corrected chi connectivity index (χ1v) is 7.33. The molecule has 0 aliphatic heterocycles. The second-order valence-corrected chi connectivity index (χ2v) is 6.00.